The molecule has 0 bridgehead atoms. The zero-order valence-corrected chi connectivity index (χ0v) is 6.32. The Morgan fingerprint density at radius 1 is 1.44 bits per heavy atom. The van der Waals surface area contributed by atoms with E-state index in [1.54, 1.807) is 0 Å². The summed E-state index contributed by atoms with van der Waals surface area (Å²) in [6.07, 6.45) is 0. The highest BCUT2D eigenvalue weighted by atomic mass is 28.1. The lowest BCUT2D eigenvalue weighted by Crippen LogP contribution is -2.22. The zero-order chi connectivity index (χ0) is 6.78. The topological polar surface area (TPSA) is 26.3 Å². The molecule has 0 rings (SSSR count). The molecule has 0 aromatic rings. The highest BCUT2D eigenvalue weighted by molar-refractivity contribution is 6.55. The van der Waals surface area contributed by atoms with Gasteiger partial charge in [0.05, 0.1) is 0 Å². The van der Waals surface area contributed by atoms with Crippen LogP contribution in [0.4, 0.5) is 4.79 Å². The van der Waals surface area contributed by atoms with E-state index in [4.69, 9.17) is 4.74 Å². The third-order valence-corrected chi connectivity index (χ3v) is 0.501. The fraction of sp³-hybridized carbons (Fsp3) is 0.833. The van der Waals surface area contributed by atoms with E-state index in [1.165, 1.54) is 0 Å². The molecule has 3 radical (unpaired) electrons. The summed E-state index contributed by atoms with van der Waals surface area (Å²) >= 11 is 0. The summed E-state index contributed by atoms with van der Waals surface area (Å²) < 4.78 is 4.71. The fourth-order valence-corrected chi connectivity index (χ4v) is 0.584. The smallest absolute Gasteiger partial charge is 0.265 e. The fourth-order valence-electron chi connectivity index (χ4n) is 0.278. The number of hydrogen-bond acceptors (Lipinski definition) is 2. The maximum atomic E-state index is 10.2. The molecule has 0 heterocycles. The predicted octanol–water partition coefficient (Wildman–Crippen LogP) is 1.73. The molecule has 0 amide bonds. The summed E-state index contributed by atoms with van der Waals surface area (Å²) in [6, 6.07) is 0. The first-order valence-electron chi connectivity index (χ1n) is 2.36. The van der Waals surface area contributed by atoms with E-state index in [9.17, 15) is 4.79 Å². The van der Waals surface area contributed by atoms with Gasteiger partial charge in [-0.15, -0.1) is 0 Å². The van der Waals surface area contributed by atoms with E-state index in [0.717, 1.165) is 0 Å². The van der Waals surface area contributed by atoms with Gasteiger partial charge in [-0.2, -0.15) is 0 Å². The Morgan fingerprint density at radius 2 is 1.78 bits per heavy atom. The quantitative estimate of drug-likeness (QED) is 0.485. The molecule has 3 heteroatoms. The van der Waals surface area contributed by atoms with Crippen molar-refractivity contribution in [1.82, 2.24) is 0 Å². The Balaban J connectivity index is 0. The number of ether oxygens (including phenoxy) is 1. The molecular weight excluding hydrogens is 132 g/mol. The first-order chi connectivity index (χ1) is 3.42. The average molecular weight is 145 g/mol. The summed E-state index contributed by atoms with van der Waals surface area (Å²) in [7, 11) is 2.69. The first-order valence-corrected chi connectivity index (χ1v) is 2.86. The van der Waals surface area contributed by atoms with E-state index >= 15 is 0 Å². The lowest BCUT2D eigenvalue weighted by molar-refractivity contribution is 0.0724. The van der Waals surface area contributed by atoms with Crippen molar-refractivity contribution in [2.45, 2.75) is 33.8 Å². The van der Waals surface area contributed by atoms with Crippen molar-refractivity contribution in [3.63, 3.8) is 0 Å². The van der Waals surface area contributed by atoms with Crippen molar-refractivity contribution < 1.29 is 9.53 Å². The molecule has 0 fully saturated rings. The Hall–Kier alpha value is -0.313. The molecule has 0 aromatic carbocycles. The second-order valence-electron chi connectivity index (χ2n) is 2.50. The van der Waals surface area contributed by atoms with Crippen LogP contribution in [0.5, 0.6) is 0 Å². The second kappa shape index (κ2) is 3.66. The molecule has 0 N–H and O–H groups in total. The van der Waals surface area contributed by atoms with Crippen LogP contribution < -0.4 is 0 Å². The average Bonchev–Trinajstić information content (AvgIpc) is 1.21. The number of carbonyl (C=O) groups excluding carboxylic acids is 1. The normalized spacial score (nSPS) is 9.78. The number of hydrogen-bond donors (Lipinski definition) is 0. The molecule has 0 spiro atoms. The van der Waals surface area contributed by atoms with Crippen molar-refractivity contribution in [2.24, 2.45) is 0 Å². The number of rotatable bonds is 0. The van der Waals surface area contributed by atoms with Gasteiger partial charge in [0.25, 0.3) is 5.59 Å². The minimum absolute atomic E-state index is 0. The lowest BCUT2D eigenvalue weighted by Gasteiger charge is -2.17. The van der Waals surface area contributed by atoms with Gasteiger partial charge in [-0.05, 0) is 20.8 Å². The molecule has 0 unspecified atom stereocenters. The van der Waals surface area contributed by atoms with Gasteiger partial charge >= 0.3 is 0 Å². The highest BCUT2D eigenvalue weighted by Gasteiger charge is 2.11. The standard InChI is InChI=1S/C5H9O2Si.CH4/c1-5(2,3)7-4(6)8;/h1-3H3;1H4. The van der Waals surface area contributed by atoms with Gasteiger partial charge in [-0.1, -0.05) is 7.43 Å². The molecule has 0 aliphatic carbocycles. The Morgan fingerprint density at radius 3 is 1.78 bits per heavy atom. The first kappa shape index (κ1) is 11.5. The molecule has 0 aliphatic heterocycles. The SMILES string of the molecule is C.CC(C)(C)OC(=O)[Si]. The van der Waals surface area contributed by atoms with Crippen LogP contribution in [0.25, 0.3) is 0 Å². The van der Waals surface area contributed by atoms with Gasteiger partial charge < -0.3 is 4.74 Å². The monoisotopic (exact) mass is 145 g/mol. The van der Waals surface area contributed by atoms with Crippen LogP contribution in [0.3, 0.4) is 0 Å². The molecular formula is C6H13O2Si. The van der Waals surface area contributed by atoms with E-state index in [1.807, 2.05) is 20.8 Å². The van der Waals surface area contributed by atoms with Crippen molar-refractivity contribution in [3.8, 4) is 0 Å². The highest BCUT2D eigenvalue weighted by Crippen LogP contribution is 2.05. The summed E-state index contributed by atoms with van der Waals surface area (Å²) in [6.45, 7) is 5.43. The van der Waals surface area contributed by atoms with E-state index in [0.29, 0.717) is 0 Å². The number of carbonyl (C=O) groups is 1. The summed E-state index contributed by atoms with van der Waals surface area (Å²) in [5, 5.41) is 0. The predicted molar refractivity (Wildman–Crippen MR) is 38.7 cm³/mol. The van der Waals surface area contributed by atoms with Crippen LogP contribution in [-0.4, -0.2) is 21.4 Å². The van der Waals surface area contributed by atoms with E-state index in [-0.39, 0.29) is 13.0 Å². The summed E-state index contributed by atoms with van der Waals surface area (Å²) in [4.78, 5) is 10.2. The van der Waals surface area contributed by atoms with Crippen LogP contribution in [0.15, 0.2) is 0 Å². The molecule has 2 nitrogen and oxygen atoms in total. The lowest BCUT2D eigenvalue weighted by atomic mass is 10.2. The molecule has 0 aliphatic rings. The van der Waals surface area contributed by atoms with E-state index < -0.39 is 5.59 Å². The zero-order valence-electron chi connectivity index (χ0n) is 5.32. The molecule has 0 saturated heterocycles. The van der Waals surface area contributed by atoms with Gasteiger partial charge in [-0.3, -0.25) is 4.79 Å². The van der Waals surface area contributed by atoms with Crippen molar-refractivity contribution in [3.05, 3.63) is 0 Å². The Bertz CT molecular complexity index is 93.7. The maximum absolute atomic E-state index is 10.2. The van der Waals surface area contributed by atoms with E-state index in [2.05, 4.69) is 10.2 Å². The molecule has 0 aromatic heterocycles. The molecule has 53 valence electrons. The van der Waals surface area contributed by atoms with Gasteiger partial charge in [-0.25, -0.2) is 0 Å². The van der Waals surface area contributed by atoms with Gasteiger partial charge in [0.15, 0.2) is 10.2 Å². The Kier molecular flexibility index (Phi) is 4.67. The summed E-state index contributed by atoms with van der Waals surface area (Å²) in [5.74, 6) is 0. The van der Waals surface area contributed by atoms with Crippen LogP contribution in [0, 0.1) is 0 Å². The van der Waals surface area contributed by atoms with Gasteiger partial charge in [0.2, 0.25) is 0 Å². The van der Waals surface area contributed by atoms with Crippen LogP contribution >= 0.6 is 0 Å². The van der Waals surface area contributed by atoms with Crippen LogP contribution in [0.2, 0.25) is 0 Å². The third-order valence-electron chi connectivity index (χ3n) is 0.399. The van der Waals surface area contributed by atoms with Crippen LogP contribution in [-0.2, 0) is 4.74 Å². The summed E-state index contributed by atoms with van der Waals surface area (Å²) in [5.41, 5.74) is -0.795. The second-order valence-corrected chi connectivity index (χ2v) is 2.91. The van der Waals surface area contributed by atoms with Crippen molar-refractivity contribution in [2.75, 3.05) is 0 Å². The minimum Gasteiger partial charge on any atom is -0.465 e. The molecule has 0 saturated carbocycles. The van der Waals surface area contributed by atoms with Gasteiger partial charge in [0.1, 0.15) is 5.60 Å². The largest absolute Gasteiger partial charge is 0.465 e. The molecule has 9 heavy (non-hydrogen) atoms. The third kappa shape index (κ3) is 11.3. The van der Waals surface area contributed by atoms with Crippen LogP contribution in [0.1, 0.15) is 28.2 Å². The molecule has 0 atom stereocenters. The van der Waals surface area contributed by atoms with Gasteiger partial charge in [0, 0.05) is 0 Å². The van der Waals surface area contributed by atoms with Crippen molar-refractivity contribution in [1.29, 1.82) is 0 Å². The Labute approximate surface area is 60.0 Å². The minimum atomic E-state index is -0.419. The maximum Gasteiger partial charge on any atom is 0.265 e. The van der Waals surface area contributed by atoms with Crippen molar-refractivity contribution >= 4 is 15.8 Å².